The summed E-state index contributed by atoms with van der Waals surface area (Å²) in [6, 6.07) is 24.3. The predicted octanol–water partition coefficient (Wildman–Crippen LogP) is 22.1. The number of nitrogens with zero attached hydrogens (tertiary/aromatic N) is 11. The molecule has 0 radical (unpaired) electrons. The molecule has 105 heavy (non-hydrogen) atoms. The van der Waals surface area contributed by atoms with E-state index in [-0.39, 0.29) is 24.4 Å². The van der Waals surface area contributed by atoms with Gasteiger partial charge in [0.25, 0.3) is 0 Å². The van der Waals surface area contributed by atoms with Crippen LogP contribution in [-0.4, -0.2) is 78.1 Å². The minimum Gasteiger partial charge on any atom is -0.393 e. The molecule has 0 amide bonds. The van der Waals surface area contributed by atoms with Crippen LogP contribution in [0.4, 0.5) is 22.7 Å². The SMILES string of the molecule is [C-]#[N+]c1cc2c(-c3cccc(C)c3C)cn([C@@H]3CC[C@@H](O)C3)c2cc1C.[C-]#[N+]c1cc2c(-c3cncc(C)c3C)cn(C3CCC(O)CC3)c2cc1C.[C-]#[N+]c1cc2c(-c3cncc(C)c3C)cn([C@@H]3CC[C@@H](O)C3)c2cc1C.[C-]#[N+]c1cc2c(-c3cncc(C)c3C)cn([C@@H]3CC[C@H](O)C3)c2cc1C. The number of pyridine rings is 3. The summed E-state index contributed by atoms with van der Waals surface area (Å²) in [5, 5.41) is 44.4. The molecule has 0 unspecified atom stereocenters. The Morgan fingerprint density at radius 1 is 0.295 bits per heavy atom. The molecule has 0 aliphatic heterocycles. The van der Waals surface area contributed by atoms with Gasteiger partial charge >= 0.3 is 0 Å². The zero-order chi connectivity index (χ0) is 74.4. The average molecular weight is 1390 g/mol. The number of aryl methyl sites for hydroxylation is 8. The van der Waals surface area contributed by atoms with Crippen molar-refractivity contribution in [2.45, 2.75) is 215 Å². The van der Waals surface area contributed by atoms with Crippen molar-refractivity contribution in [1.82, 2.24) is 33.2 Å². The van der Waals surface area contributed by atoms with E-state index in [0.717, 1.165) is 183 Å². The van der Waals surface area contributed by atoms with Crippen molar-refractivity contribution in [2.24, 2.45) is 0 Å². The van der Waals surface area contributed by atoms with Crippen molar-refractivity contribution >= 4 is 66.4 Å². The third-order valence-corrected chi connectivity index (χ3v) is 23.6. The van der Waals surface area contributed by atoms with Crippen LogP contribution in [0.3, 0.4) is 0 Å². The first-order valence-electron chi connectivity index (χ1n) is 37.1. The number of benzene rings is 5. The summed E-state index contributed by atoms with van der Waals surface area (Å²) >= 11 is 0. The van der Waals surface area contributed by atoms with Crippen molar-refractivity contribution in [3.8, 4) is 44.5 Å². The average Bonchev–Trinajstić information content (AvgIpc) is 1.63. The molecule has 15 heteroatoms. The molecule has 16 rings (SSSR count). The van der Waals surface area contributed by atoms with Gasteiger partial charge in [-0.15, -0.1) is 0 Å². The van der Waals surface area contributed by atoms with Crippen molar-refractivity contribution < 1.29 is 20.4 Å². The Balaban J connectivity index is 0.000000124. The highest BCUT2D eigenvalue weighted by atomic mass is 16.3. The fourth-order valence-corrected chi connectivity index (χ4v) is 16.7. The number of fused-ring (bicyclic) bond motifs is 4. The Hall–Kier alpha value is -10.5. The van der Waals surface area contributed by atoms with E-state index in [4.69, 9.17) is 26.3 Å². The summed E-state index contributed by atoms with van der Waals surface area (Å²) in [5.74, 6) is 0. The minimum absolute atomic E-state index is 0.166. The molecule has 4 aliphatic rings. The molecule has 0 bridgehead atoms. The standard InChI is InChI=1S/C23H25N3O.C23H24N2O.2C22H23N3O/c1-14-9-23-19(10-22(14)24-4)21(20-12-25-11-15(2)16(20)3)13-26(23)17-5-7-18(27)8-6-17;1-14-6-5-7-19(16(14)3)21-13-25(17-8-9-18(26)11-17)23-10-15(2)22(24-4)12-20(21)23;2*1-13-7-22-18(9-21(13)23-4)20(19-11-24-10-14(2)15(19)3)12-25(22)16-5-6-17(26)8-16/h9-13,17-18,27H,5-8H2,1-3H3;5-7,10,12-13,17-18,26H,8-9,11H2,1-3H3;2*7,9-12,16-17,26H,5-6,8H2,1-3H3/t;17-,18-;16-,17+;16-,17-/m.111/s1. The number of hydrogen-bond donors (Lipinski definition) is 4. The van der Waals surface area contributed by atoms with Gasteiger partial charge in [-0.25, -0.2) is 19.4 Å². The Labute approximate surface area is 617 Å². The van der Waals surface area contributed by atoms with E-state index in [1.54, 1.807) is 0 Å². The van der Waals surface area contributed by atoms with Gasteiger partial charge in [0, 0.05) is 147 Å². The van der Waals surface area contributed by atoms with Gasteiger partial charge in [-0.2, -0.15) is 0 Å². The van der Waals surface area contributed by atoms with E-state index in [1.807, 2.05) is 89.1 Å². The van der Waals surface area contributed by atoms with Crippen LogP contribution in [0.2, 0.25) is 0 Å². The van der Waals surface area contributed by atoms with Crippen LogP contribution in [0.15, 0.2) is 129 Å². The second kappa shape index (κ2) is 30.3. The summed E-state index contributed by atoms with van der Waals surface area (Å²) in [4.78, 5) is 28.0. The van der Waals surface area contributed by atoms with Crippen molar-refractivity contribution in [2.75, 3.05) is 0 Å². The molecule has 0 saturated heterocycles. The lowest BCUT2D eigenvalue weighted by Crippen LogP contribution is -2.20. The molecule has 4 aliphatic carbocycles. The van der Waals surface area contributed by atoms with E-state index in [1.165, 1.54) is 55.5 Å². The minimum atomic E-state index is -0.216. The molecule has 12 aromatic rings. The molecule has 0 spiro atoms. The predicted molar refractivity (Wildman–Crippen MR) is 425 cm³/mol. The second-order valence-corrected chi connectivity index (χ2v) is 30.3. The van der Waals surface area contributed by atoms with Gasteiger partial charge in [0.1, 0.15) is 0 Å². The number of rotatable bonds is 8. The first-order valence-corrected chi connectivity index (χ1v) is 37.1. The highest BCUT2D eigenvalue weighted by molar-refractivity contribution is 6.03. The molecule has 4 fully saturated rings. The Kier molecular flexibility index (Phi) is 21.0. The Morgan fingerprint density at radius 3 is 0.848 bits per heavy atom. The molecular weight excluding hydrogens is 1300 g/mol. The monoisotopic (exact) mass is 1390 g/mol. The zero-order valence-electron chi connectivity index (χ0n) is 62.6. The summed E-state index contributed by atoms with van der Waals surface area (Å²) in [6.07, 6.45) is 31.1. The van der Waals surface area contributed by atoms with Gasteiger partial charge in [0.15, 0.2) is 22.7 Å². The van der Waals surface area contributed by atoms with Crippen LogP contribution in [0.1, 0.15) is 174 Å². The van der Waals surface area contributed by atoms with Crippen molar-refractivity contribution in [3.63, 3.8) is 0 Å². The van der Waals surface area contributed by atoms with Gasteiger partial charge in [0.2, 0.25) is 0 Å². The summed E-state index contributed by atoms with van der Waals surface area (Å²) in [5.41, 5.74) is 30.4. The van der Waals surface area contributed by atoms with Crippen molar-refractivity contribution in [3.05, 3.63) is 241 Å². The molecular formula is C90H95N11O4. The van der Waals surface area contributed by atoms with Crippen LogP contribution in [0.25, 0.3) is 107 Å². The van der Waals surface area contributed by atoms with Gasteiger partial charge in [-0.3, -0.25) is 15.0 Å². The van der Waals surface area contributed by atoms with E-state index in [2.05, 4.69) is 175 Å². The van der Waals surface area contributed by atoms with Crippen LogP contribution < -0.4 is 0 Å². The fraction of sp³-hybridized carbons (Fsp3) is 0.367. The highest BCUT2D eigenvalue weighted by Gasteiger charge is 2.31. The molecule has 5 aromatic carbocycles. The lowest BCUT2D eigenvalue weighted by Gasteiger charge is -2.27. The lowest BCUT2D eigenvalue weighted by molar-refractivity contribution is 0.111. The number of aromatic nitrogens is 7. The highest BCUT2D eigenvalue weighted by Crippen LogP contribution is 2.47. The second-order valence-electron chi connectivity index (χ2n) is 30.3. The smallest absolute Gasteiger partial charge is 0.190 e. The topological polar surface area (TPSA) is 157 Å². The van der Waals surface area contributed by atoms with Gasteiger partial charge in [-0.1, -0.05) is 18.2 Å². The summed E-state index contributed by atoms with van der Waals surface area (Å²) < 4.78 is 9.33. The van der Waals surface area contributed by atoms with E-state index >= 15 is 0 Å². The van der Waals surface area contributed by atoms with Crippen LogP contribution in [0, 0.1) is 109 Å². The van der Waals surface area contributed by atoms with Gasteiger partial charge in [-0.05, 0) is 309 Å². The molecule has 7 heterocycles. The largest absolute Gasteiger partial charge is 0.393 e. The van der Waals surface area contributed by atoms with Gasteiger partial charge in [0.05, 0.1) is 50.7 Å². The first-order chi connectivity index (χ1) is 50.5. The van der Waals surface area contributed by atoms with Crippen LogP contribution in [0.5, 0.6) is 0 Å². The number of aliphatic hydroxyl groups excluding tert-OH is 4. The Bertz CT molecular complexity index is 5130. The maximum atomic E-state index is 10.0. The van der Waals surface area contributed by atoms with Gasteiger partial charge < -0.3 is 38.7 Å². The maximum Gasteiger partial charge on any atom is 0.190 e. The molecule has 15 nitrogen and oxygen atoms in total. The summed E-state index contributed by atoms with van der Waals surface area (Å²) in [7, 11) is 0. The van der Waals surface area contributed by atoms with E-state index in [0.29, 0.717) is 46.9 Å². The normalized spacial score (nSPS) is 19.8. The van der Waals surface area contributed by atoms with Crippen molar-refractivity contribution in [1.29, 1.82) is 0 Å². The zero-order valence-corrected chi connectivity index (χ0v) is 62.6. The quantitative estimate of drug-likeness (QED) is 0.110. The van der Waals surface area contributed by atoms with Crippen LogP contribution in [-0.2, 0) is 0 Å². The third-order valence-electron chi connectivity index (χ3n) is 23.6. The molecule has 4 saturated carbocycles. The first kappa shape index (κ1) is 72.8. The number of aliphatic hydroxyl groups is 4. The lowest BCUT2D eigenvalue weighted by atomic mass is 9.93. The third kappa shape index (κ3) is 14.2. The van der Waals surface area contributed by atoms with E-state index < -0.39 is 0 Å². The summed E-state index contributed by atoms with van der Waals surface area (Å²) in [6.45, 7) is 54.9. The maximum absolute atomic E-state index is 10.0. The fourth-order valence-electron chi connectivity index (χ4n) is 16.7. The van der Waals surface area contributed by atoms with Crippen LogP contribution >= 0.6 is 0 Å². The van der Waals surface area contributed by atoms with E-state index in [9.17, 15) is 20.4 Å². The Morgan fingerprint density at radius 2 is 0.562 bits per heavy atom. The molecule has 6 atom stereocenters. The molecule has 7 aromatic heterocycles. The number of hydrogen-bond acceptors (Lipinski definition) is 7. The molecule has 534 valence electrons. The molecule has 4 N–H and O–H groups in total.